The van der Waals surface area contributed by atoms with Crippen molar-refractivity contribution < 1.29 is 9.53 Å². The molecule has 0 atom stereocenters. The summed E-state index contributed by atoms with van der Waals surface area (Å²) in [4.78, 5) is 16.6. The summed E-state index contributed by atoms with van der Waals surface area (Å²) in [7, 11) is 1.65. The fourth-order valence-corrected chi connectivity index (χ4v) is 4.19. The van der Waals surface area contributed by atoms with E-state index in [9.17, 15) is 4.79 Å². The van der Waals surface area contributed by atoms with E-state index in [4.69, 9.17) is 9.72 Å². The smallest absolute Gasteiger partial charge is 0.174 e. The Morgan fingerprint density at radius 3 is 2.54 bits per heavy atom. The third-order valence-electron chi connectivity index (χ3n) is 4.59. The number of ketones is 1. The number of imidazole rings is 1. The monoisotopic (exact) mass is 388 g/mol. The quantitative estimate of drug-likeness (QED) is 0.322. The van der Waals surface area contributed by atoms with Crippen molar-refractivity contribution >= 4 is 28.6 Å². The summed E-state index contributed by atoms with van der Waals surface area (Å²) in [5.74, 6) is 1.48. The molecule has 0 saturated heterocycles. The molecule has 0 N–H and O–H groups in total. The zero-order chi connectivity index (χ0) is 19.5. The van der Waals surface area contributed by atoms with Crippen molar-refractivity contribution in [3.05, 3.63) is 83.9 Å². The molecule has 0 saturated carbocycles. The van der Waals surface area contributed by atoms with Crippen LogP contribution in [0.5, 0.6) is 5.75 Å². The first-order valence-electron chi connectivity index (χ1n) is 9.01. The average molecular weight is 388 g/mol. The SMILES string of the molecule is COc1ccc(C(C)=O)cc1CSc1nc2ccccc2n1-c1ccccc1. The van der Waals surface area contributed by atoms with Crippen LogP contribution in [-0.4, -0.2) is 22.4 Å². The van der Waals surface area contributed by atoms with Gasteiger partial charge in [-0.05, 0) is 49.4 Å². The molecule has 0 fully saturated rings. The first kappa shape index (κ1) is 18.3. The summed E-state index contributed by atoms with van der Waals surface area (Å²) in [6, 6.07) is 23.9. The molecule has 0 aliphatic rings. The fraction of sp³-hybridized carbons (Fsp3) is 0.130. The lowest BCUT2D eigenvalue weighted by Gasteiger charge is -2.11. The minimum atomic E-state index is 0.0467. The highest BCUT2D eigenvalue weighted by Crippen LogP contribution is 2.32. The molecular weight excluding hydrogens is 368 g/mol. The normalized spacial score (nSPS) is 10.9. The summed E-state index contributed by atoms with van der Waals surface area (Å²) in [5.41, 5.74) is 4.77. The van der Waals surface area contributed by atoms with Crippen LogP contribution in [0.3, 0.4) is 0 Å². The predicted molar refractivity (Wildman–Crippen MR) is 114 cm³/mol. The molecule has 4 aromatic rings. The van der Waals surface area contributed by atoms with Crippen molar-refractivity contribution in [1.29, 1.82) is 0 Å². The summed E-state index contributed by atoms with van der Waals surface area (Å²) in [6.07, 6.45) is 0. The number of aromatic nitrogens is 2. The molecule has 0 aliphatic carbocycles. The fourth-order valence-electron chi connectivity index (χ4n) is 3.18. The van der Waals surface area contributed by atoms with Crippen LogP contribution in [0.15, 0.2) is 78.0 Å². The van der Waals surface area contributed by atoms with Crippen molar-refractivity contribution in [1.82, 2.24) is 9.55 Å². The van der Waals surface area contributed by atoms with Crippen molar-refractivity contribution in [3.63, 3.8) is 0 Å². The third kappa shape index (κ3) is 3.53. The Labute approximate surface area is 168 Å². The number of ether oxygens (including phenoxy) is 1. The number of hydrogen-bond acceptors (Lipinski definition) is 4. The van der Waals surface area contributed by atoms with Crippen molar-refractivity contribution in [2.75, 3.05) is 7.11 Å². The maximum absolute atomic E-state index is 11.8. The number of thioether (sulfide) groups is 1. The van der Waals surface area contributed by atoms with Crippen LogP contribution < -0.4 is 4.74 Å². The van der Waals surface area contributed by atoms with Crippen molar-refractivity contribution in [2.24, 2.45) is 0 Å². The van der Waals surface area contributed by atoms with Gasteiger partial charge in [0.25, 0.3) is 0 Å². The number of fused-ring (bicyclic) bond motifs is 1. The molecular formula is C23H20N2O2S. The zero-order valence-electron chi connectivity index (χ0n) is 15.8. The molecule has 4 rings (SSSR count). The number of nitrogens with zero attached hydrogens (tertiary/aromatic N) is 2. The highest BCUT2D eigenvalue weighted by Gasteiger charge is 2.14. The first-order valence-corrected chi connectivity index (χ1v) is 9.99. The molecule has 5 heteroatoms. The molecule has 0 spiro atoms. The number of rotatable bonds is 6. The average Bonchev–Trinajstić information content (AvgIpc) is 3.11. The van der Waals surface area contributed by atoms with E-state index in [0.29, 0.717) is 11.3 Å². The first-order chi connectivity index (χ1) is 13.7. The Bertz CT molecular complexity index is 1140. The number of carbonyl (C=O) groups excluding carboxylic acids is 1. The summed E-state index contributed by atoms with van der Waals surface area (Å²) < 4.78 is 7.66. The predicted octanol–water partition coefficient (Wildman–Crippen LogP) is 5.53. The molecule has 0 aliphatic heterocycles. The Hall–Kier alpha value is -3.05. The Morgan fingerprint density at radius 2 is 1.79 bits per heavy atom. The van der Waals surface area contributed by atoms with E-state index >= 15 is 0 Å². The number of para-hydroxylation sites is 3. The molecule has 0 radical (unpaired) electrons. The van der Waals surface area contributed by atoms with Gasteiger partial charge >= 0.3 is 0 Å². The topological polar surface area (TPSA) is 44.1 Å². The lowest BCUT2D eigenvalue weighted by Crippen LogP contribution is -1.99. The third-order valence-corrected chi connectivity index (χ3v) is 5.58. The second-order valence-electron chi connectivity index (χ2n) is 6.43. The van der Waals surface area contributed by atoms with E-state index in [1.165, 1.54) is 0 Å². The number of benzene rings is 3. The van der Waals surface area contributed by atoms with Gasteiger partial charge in [0.05, 0.1) is 18.1 Å². The van der Waals surface area contributed by atoms with E-state index in [0.717, 1.165) is 33.2 Å². The van der Waals surface area contributed by atoms with Gasteiger partial charge in [-0.15, -0.1) is 0 Å². The van der Waals surface area contributed by atoms with E-state index in [1.807, 2.05) is 48.5 Å². The molecule has 3 aromatic carbocycles. The molecule has 0 amide bonds. The maximum Gasteiger partial charge on any atom is 0.174 e. The van der Waals surface area contributed by atoms with Gasteiger partial charge in [-0.1, -0.05) is 42.1 Å². The highest BCUT2D eigenvalue weighted by atomic mass is 32.2. The molecule has 4 nitrogen and oxygen atoms in total. The van der Waals surface area contributed by atoms with Gasteiger partial charge in [0.15, 0.2) is 10.9 Å². The second kappa shape index (κ2) is 7.90. The minimum absolute atomic E-state index is 0.0467. The van der Waals surface area contributed by atoms with Crippen LogP contribution in [0.25, 0.3) is 16.7 Å². The highest BCUT2D eigenvalue weighted by molar-refractivity contribution is 7.98. The number of carbonyl (C=O) groups is 1. The van der Waals surface area contributed by atoms with Gasteiger partial charge in [-0.3, -0.25) is 9.36 Å². The molecule has 0 unspecified atom stereocenters. The van der Waals surface area contributed by atoms with Gasteiger partial charge in [-0.2, -0.15) is 0 Å². The lowest BCUT2D eigenvalue weighted by atomic mass is 10.1. The zero-order valence-corrected chi connectivity index (χ0v) is 16.6. The summed E-state index contributed by atoms with van der Waals surface area (Å²) in [6.45, 7) is 1.58. The van der Waals surface area contributed by atoms with Crippen LogP contribution in [-0.2, 0) is 5.75 Å². The lowest BCUT2D eigenvalue weighted by molar-refractivity contribution is 0.101. The van der Waals surface area contributed by atoms with Gasteiger partial charge in [0.2, 0.25) is 0 Å². The number of Topliss-reactive ketones (excluding diaryl/α,β-unsaturated/α-hetero) is 1. The van der Waals surface area contributed by atoms with Gasteiger partial charge in [-0.25, -0.2) is 4.98 Å². The summed E-state index contributed by atoms with van der Waals surface area (Å²) >= 11 is 1.63. The molecule has 0 bridgehead atoms. The molecule has 1 heterocycles. The Balaban J connectivity index is 1.73. The van der Waals surface area contributed by atoms with E-state index in [-0.39, 0.29) is 5.78 Å². The van der Waals surface area contributed by atoms with E-state index < -0.39 is 0 Å². The van der Waals surface area contributed by atoms with Gasteiger partial charge < -0.3 is 4.74 Å². The Morgan fingerprint density at radius 1 is 1.04 bits per heavy atom. The molecule has 28 heavy (non-hydrogen) atoms. The standard InChI is InChI=1S/C23H20N2O2S/c1-16(26)17-12-13-22(27-2)18(14-17)15-28-23-24-20-10-6-7-11-21(20)25(23)19-8-4-3-5-9-19/h3-14H,15H2,1-2H3. The second-order valence-corrected chi connectivity index (χ2v) is 7.37. The van der Waals surface area contributed by atoms with Crippen molar-refractivity contribution in [3.8, 4) is 11.4 Å². The minimum Gasteiger partial charge on any atom is -0.496 e. The van der Waals surface area contributed by atoms with Crippen LogP contribution in [0.4, 0.5) is 0 Å². The summed E-state index contributed by atoms with van der Waals surface area (Å²) in [5, 5.41) is 0.905. The van der Waals surface area contributed by atoms with E-state index in [1.54, 1.807) is 31.9 Å². The van der Waals surface area contributed by atoms with Crippen LogP contribution >= 0.6 is 11.8 Å². The van der Waals surface area contributed by atoms with Gasteiger partial charge in [0.1, 0.15) is 5.75 Å². The largest absolute Gasteiger partial charge is 0.496 e. The number of hydrogen-bond donors (Lipinski definition) is 0. The maximum atomic E-state index is 11.8. The molecule has 1 aromatic heterocycles. The number of methoxy groups -OCH3 is 1. The van der Waals surface area contributed by atoms with E-state index in [2.05, 4.69) is 22.8 Å². The van der Waals surface area contributed by atoms with Crippen LogP contribution in [0.1, 0.15) is 22.8 Å². The van der Waals surface area contributed by atoms with Crippen LogP contribution in [0, 0.1) is 0 Å². The van der Waals surface area contributed by atoms with Gasteiger partial charge in [0, 0.05) is 22.6 Å². The Kier molecular flexibility index (Phi) is 5.17. The van der Waals surface area contributed by atoms with Crippen molar-refractivity contribution in [2.45, 2.75) is 17.8 Å². The molecule has 140 valence electrons. The van der Waals surface area contributed by atoms with Crippen LogP contribution in [0.2, 0.25) is 0 Å².